The lowest BCUT2D eigenvalue weighted by Crippen LogP contribution is -2.39. The Morgan fingerprint density at radius 2 is 1.81 bits per heavy atom. The molecule has 1 spiro atoms. The summed E-state index contributed by atoms with van der Waals surface area (Å²) in [5.74, 6) is 0. The van der Waals surface area contributed by atoms with Gasteiger partial charge in [0.2, 0.25) is 0 Å². The molecule has 1 amide bonds. The lowest BCUT2D eigenvalue weighted by molar-refractivity contribution is -0.0189. The zero-order valence-electron chi connectivity index (χ0n) is 15.3. The maximum absolute atomic E-state index is 12.7. The van der Waals surface area contributed by atoms with E-state index in [1.54, 1.807) is 4.90 Å². The minimum Gasteiger partial charge on any atom is -0.443 e. The van der Waals surface area contributed by atoms with Crippen molar-refractivity contribution in [2.24, 2.45) is 0 Å². The monoisotopic (exact) mass is 349 g/mol. The van der Waals surface area contributed by atoms with Crippen molar-refractivity contribution in [2.45, 2.75) is 38.1 Å². The molecule has 0 unspecified atom stereocenters. The molecule has 2 heterocycles. The molecular weight excluding hydrogens is 326 g/mol. The normalized spacial score (nSPS) is 24.1. The molecule has 2 aliphatic heterocycles. The maximum atomic E-state index is 12.7. The summed E-state index contributed by atoms with van der Waals surface area (Å²) in [5, 5.41) is 0. The first-order valence-electron chi connectivity index (χ1n) is 8.90. The van der Waals surface area contributed by atoms with Crippen molar-refractivity contribution in [3.63, 3.8) is 0 Å². The third kappa shape index (κ3) is 2.90. The van der Waals surface area contributed by atoms with Gasteiger partial charge in [-0.1, -0.05) is 54.6 Å². The van der Waals surface area contributed by atoms with Crippen LogP contribution >= 0.6 is 0 Å². The minimum atomic E-state index is -0.631. The van der Waals surface area contributed by atoms with E-state index in [0.717, 1.165) is 16.8 Å². The highest BCUT2D eigenvalue weighted by Gasteiger charge is 2.48. The maximum Gasteiger partial charge on any atom is 0.414 e. The first-order valence-corrected chi connectivity index (χ1v) is 8.90. The molecule has 26 heavy (non-hydrogen) atoms. The molecule has 0 bridgehead atoms. The molecular formula is C22H23NO3. The van der Waals surface area contributed by atoms with Gasteiger partial charge in [0.1, 0.15) is 17.3 Å². The van der Waals surface area contributed by atoms with Crippen LogP contribution in [0.4, 0.5) is 10.5 Å². The molecule has 0 N–H and O–H groups in total. The topological polar surface area (TPSA) is 38.8 Å². The zero-order valence-corrected chi connectivity index (χ0v) is 15.3. The molecule has 2 aromatic rings. The summed E-state index contributed by atoms with van der Waals surface area (Å²) in [6.45, 7) is 6.04. The van der Waals surface area contributed by atoms with Crippen LogP contribution in [0.15, 0.2) is 66.7 Å². The van der Waals surface area contributed by atoms with E-state index in [-0.39, 0.29) is 12.2 Å². The number of ether oxygens (including phenoxy) is 2. The second-order valence-electron chi connectivity index (χ2n) is 7.78. The highest BCUT2D eigenvalue weighted by atomic mass is 16.6. The Morgan fingerprint density at radius 1 is 1.12 bits per heavy atom. The fraction of sp³-hybridized carbons (Fsp3) is 0.318. The zero-order chi connectivity index (χ0) is 18.4. The van der Waals surface area contributed by atoms with Gasteiger partial charge in [0.25, 0.3) is 0 Å². The summed E-state index contributed by atoms with van der Waals surface area (Å²) in [7, 11) is 0. The van der Waals surface area contributed by atoms with Crippen molar-refractivity contribution in [2.75, 3.05) is 11.4 Å². The second kappa shape index (κ2) is 5.99. The number of carbonyl (C=O) groups excluding carboxylic acids is 1. The Hall–Kier alpha value is -2.59. The summed E-state index contributed by atoms with van der Waals surface area (Å²) in [6, 6.07) is 18.0. The number of nitrogens with zero attached hydrogens (tertiary/aromatic N) is 1. The smallest absolute Gasteiger partial charge is 0.414 e. The van der Waals surface area contributed by atoms with Crippen molar-refractivity contribution >= 4 is 11.8 Å². The number of benzene rings is 2. The van der Waals surface area contributed by atoms with E-state index in [1.807, 2.05) is 63.2 Å². The molecule has 134 valence electrons. The SMILES string of the molecule is CC(C)(C)OC(=O)N1C[C@@]2(C=C[C@H](c3ccccc3)O2)c2ccccc21. The Kier molecular flexibility index (Phi) is 3.88. The standard InChI is InChI=1S/C22H23NO3/c1-21(2,3)26-20(24)23-15-22(17-11-7-8-12-18(17)23)14-13-19(25-22)16-9-5-4-6-10-16/h4-14,19H,15H2,1-3H3/t19-,22+/m1/s1. The molecule has 0 aromatic heterocycles. The van der Waals surface area contributed by atoms with Crippen LogP contribution in [0.5, 0.6) is 0 Å². The first-order chi connectivity index (χ1) is 12.4. The molecule has 0 fully saturated rings. The number of anilines is 1. The second-order valence-corrected chi connectivity index (χ2v) is 7.78. The fourth-order valence-corrected chi connectivity index (χ4v) is 3.57. The van der Waals surface area contributed by atoms with Crippen LogP contribution in [0.3, 0.4) is 0 Å². The average molecular weight is 349 g/mol. The highest BCUT2D eigenvalue weighted by molar-refractivity contribution is 5.92. The van der Waals surface area contributed by atoms with Crippen LogP contribution in [0.2, 0.25) is 0 Å². The summed E-state index contributed by atoms with van der Waals surface area (Å²) in [6.07, 6.45) is 3.68. The van der Waals surface area contributed by atoms with Crippen LogP contribution in [-0.4, -0.2) is 18.2 Å². The molecule has 0 aliphatic carbocycles. The lowest BCUT2D eigenvalue weighted by Gasteiger charge is -2.27. The third-order valence-electron chi connectivity index (χ3n) is 4.66. The molecule has 2 aliphatic rings. The van der Waals surface area contributed by atoms with E-state index in [9.17, 15) is 4.79 Å². The number of hydrogen-bond acceptors (Lipinski definition) is 3. The Morgan fingerprint density at radius 3 is 2.54 bits per heavy atom. The van der Waals surface area contributed by atoms with Crippen molar-refractivity contribution in [1.82, 2.24) is 0 Å². The molecule has 0 saturated heterocycles. The number of para-hydroxylation sites is 1. The predicted octanol–water partition coefficient (Wildman–Crippen LogP) is 4.96. The van der Waals surface area contributed by atoms with Gasteiger partial charge in [0, 0.05) is 5.56 Å². The van der Waals surface area contributed by atoms with Crippen LogP contribution in [0, 0.1) is 0 Å². The van der Waals surface area contributed by atoms with E-state index in [0.29, 0.717) is 6.54 Å². The summed E-state index contributed by atoms with van der Waals surface area (Å²) >= 11 is 0. The van der Waals surface area contributed by atoms with Gasteiger partial charge >= 0.3 is 6.09 Å². The number of fused-ring (bicyclic) bond motifs is 2. The van der Waals surface area contributed by atoms with Crippen LogP contribution < -0.4 is 4.90 Å². The summed E-state index contributed by atoms with van der Waals surface area (Å²) in [5.41, 5.74) is 1.78. The van der Waals surface area contributed by atoms with E-state index in [4.69, 9.17) is 9.47 Å². The molecule has 0 radical (unpaired) electrons. The lowest BCUT2D eigenvalue weighted by atomic mass is 9.97. The van der Waals surface area contributed by atoms with Gasteiger partial charge in [0.15, 0.2) is 0 Å². The van der Waals surface area contributed by atoms with Crippen molar-refractivity contribution < 1.29 is 14.3 Å². The Bertz CT molecular complexity index is 853. The molecule has 0 saturated carbocycles. The molecule has 4 rings (SSSR count). The molecule has 4 nitrogen and oxygen atoms in total. The van der Waals surface area contributed by atoms with Crippen LogP contribution in [0.25, 0.3) is 0 Å². The van der Waals surface area contributed by atoms with E-state index < -0.39 is 11.2 Å². The van der Waals surface area contributed by atoms with Crippen LogP contribution in [0.1, 0.15) is 38.0 Å². The van der Waals surface area contributed by atoms with Crippen molar-refractivity contribution in [1.29, 1.82) is 0 Å². The van der Waals surface area contributed by atoms with E-state index in [2.05, 4.69) is 24.3 Å². The number of hydrogen-bond donors (Lipinski definition) is 0. The predicted molar refractivity (Wildman–Crippen MR) is 101 cm³/mol. The van der Waals surface area contributed by atoms with E-state index in [1.165, 1.54) is 0 Å². The van der Waals surface area contributed by atoms with Gasteiger partial charge < -0.3 is 9.47 Å². The van der Waals surface area contributed by atoms with Crippen molar-refractivity contribution in [3.8, 4) is 0 Å². The third-order valence-corrected chi connectivity index (χ3v) is 4.66. The number of amides is 1. The van der Waals surface area contributed by atoms with Gasteiger partial charge in [0.05, 0.1) is 12.2 Å². The minimum absolute atomic E-state index is 0.122. The summed E-state index contributed by atoms with van der Waals surface area (Å²) in [4.78, 5) is 14.4. The molecule has 4 heteroatoms. The van der Waals surface area contributed by atoms with Gasteiger partial charge in [-0.3, -0.25) is 4.90 Å². The van der Waals surface area contributed by atoms with Crippen molar-refractivity contribution in [3.05, 3.63) is 77.9 Å². The Labute approximate surface area is 154 Å². The van der Waals surface area contributed by atoms with Gasteiger partial charge in [-0.05, 0) is 38.5 Å². The van der Waals surface area contributed by atoms with Crippen LogP contribution in [-0.2, 0) is 15.1 Å². The van der Waals surface area contributed by atoms with E-state index >= 15 is 0 Å². The van der Waals surface area contributed by atoms with Gasteiger partial charge in [-0.2, -0.15) is 0 Å². The molecule has 2 atom stereocenters. The Balaban J connectivity index is 1.65. The number of rotatable bonds is 1. The quantitative estimate of drug-likeness (QED) is 0.683. The highest BCUT2D eigenvalue weighted by Crippen LogP contribution is 2.49. The number of carbonyl (C=O) groups is 1. The average Bonchev–Trinajstić information content (AvgIpc) is 3.18. The molecule has 2 aromatic carbocycles. The fourth-order valence-electron chi connectivity index (χ4n) is 3.57. The summed E-state index contributed by atoms with van der Waals surface area (Å²) < 4.78 is 12.1. The van der Waals surface area contributed by atoms with Gasteiger partial charge in [-0.25, -0.2) is 4.79 Å². The first kappa shape index (κ1) is 16.9. The van der Waals surface area contributed by atoms with Gasteiger partial charge in [-0.15, -0.1) is 0 Å². The largest absolute Gasteiger partial charge is 0.443 e.